The summed E-state index contributed by atoms with van der Waals surface area (Å²) in [6.45, 7) is 0.216. The molecule has 0 fully saturated rings. The first-order valence-corrected chi connectivity index (χ1v) is 5.02. The van der Waals surface area contributed by atoms with Gasteiger partial charge in [0.05, 0.1) is 12.5 Å². The van der Waals surface area contributed by atoms with Crippen molar-refractivity contribution in [1.29, 1.82) is 0 Å². The minimum atomic E-state index is -0.249. The number of hydrogen-bond acceptors (Lipinski definition) is 4. The first-order valence-electron chi connectivity index (χ1n) is 5.02. The van der Waals surface area contributed by atoms with Crippen LogP contribution in [0.2, 0.25) is 0 Å². The van der Waals surface area contributed by atoms with Crippen LogP contribution in [-0.4, -0.2) is 22.7 Å². The normalized spacial score (nSPS) is 12.5. The van der Waals surface area contributed by atoms with Crippen molar-refractivity contribution in [3.05, 3.63) is 36.4 Å². The summed E-state index contributed by atoms with van der Waals surface area (Å²) < 4.78 is 10.4. The molecule has 0 spiro atoms. The molecule has 0 aliphatic carbocycles. The number of benzene rings is 1. The van der Waals surface area contributed by atoms with E-state index in [-0.39, 0.29) is 12.7 Å². The van der Waals surface area contributed by atoms with Crippen LogP contribution in [0, 0.1) is 0 Å². The lowest BCUT2D eigenvalue weighted by molar-refractivity contribution is 0.102. The Morgan fingerprint density at radius 1 is 1.35 bits per heavy atom. The molecule has 0 bridgehead atoms. The van der Waals surface area contributed by atoms with Gasteiger partial charge in [0, 0.05) is 11.8 Å². The summed E-state index contributed by atoms with van der Waals surface area (Å²) in [6.07, 6.45) is 2.91. The Morgan fingerprint density at radius 2 is 2.24 bits per heavy atom. The highest BCUT2D eigenvalue weighted by molar-refractivity contribution is 6.02. The van der Waals surface area contributed by atoms with E-state index in [1.54, 1.807) is 18.2 Å². The van der Waals surface area contributed by atoms with Gasteiger partial charge in [-0.05, 0) is 12.1 Å². The molecular weight excluding hydrogens is 222 g/mol. The fraction of sp³-hybridized carbons (Fsp3) is 0.0909. The molecular formula is C11H9N3O3. The molecule has 3 rings (SSSR count). The Bertz CT molecular complexity index is 551. The molecule has 0 radical (unpaired) electrons. The molecule has 0 unspecified atom stereocenters. The van der Waals surface area contributed by atoms with Crippen LogP contribution < -0.4 is 14.8 Å². The van der Waals surface area contributed by atoms with E-state index in [0.717, 1.165) is 0 Å². The summed E-state index contributed by atoms with van der Waals surface area (Å²) in [5, 5.41) is 2.73. The highest BCUT2D eigenvalue weighted by atomic mass is 16.7. The number of amides is 1. The van der Waals surface area contributed by atoms with Crippen LogP contribution in [0.25, 0.3) is 0 Å². The molecule has 0 atom stereocenters. The zero-order valence-corrected chi connectivity index (χ0v) is 8.77. The number of ether oxygens (including phenoxy) is 2. The number of nitrogens with zero attached hydrogens (tertiary/aromatic N) is 1. The lowest BCUT2D eigenvalue weighted by atomic mass is 10.2. The Morgan fingerprint density at radius 3 is 3.06 bits per heavy atom. The van der Waals surface area contributed by atoms with Crippen molar-refractivity contribution in [2.75, 3.05) is 12.1 Å². The number of hydrogen-bond donors (Lipinski definition) is 2. The molecule has 0 saturated heterocycles. The van der Waals surface area contributed by atoms with Gasteiger partial charge in [0.1, 0.15) is 5.69 Å². The molecule has 1 aromatic carbocycles. The quantitative estimate of drug-likeness (QED) is 0.818. The van der Waals surface area contributed by atoms with Crippen LogP contribution in [0.1, 0.15) is 10.5 Å². The predicted octanol–water partition coefficient (Wildman–Crippen LogP) is 1.39. The average molecular weight is 231 g/mol. The molecule has 0 saturated carbocycles. The highest BCUT2D eigenvalue weighted by Crippen LogP contribution is 2.34. The highest BCUT2D eigenvalue weighted by Gasteiger charge is 2.14. The molecule has 1 aliphatic heterocycles. The summed E-state index contributed by atoms with van der Waals surface area (Å²) in [5.74, 6) is 1.07. The molecule has 2 heterocycles. The first kappa shape index (κ1) is 9.71. The van der Waals surface area contributed by atoms with Gasteiger partial charge in [-0.1, -0.05) is 0 Å². The number of aromatic amines is 1. The topological polar surface area (TPSA) is 76.2 Å². The maximum Gasteiger partial charge on any atom is 0.273 e. The molecule has 17 heavy (non-hydrogen) atoms. The Balaban J connectivity index is 1.80. The Hall–Kier alpha value is -2.50. The zero-order chi connectivity index (χ0) is 11.7. The smallest absolute Gasteiger partial charge is 0.273 e. The van der Waals surface area contributed by atoms with E-state index in [2.05, 4.69) is 15.3 Å². The molecule has 1 aliphatic rings. The van der Waals surface area contributed by atoms with Gasteiger partial charge in [-0.3, -0.25) is 4.79 Å². The molecule has 1 aromatic heterocycles. The average Bonchev–Trinajstić information content (AvgIpc) is 2.99. The van der Waals surface area contributed by atoms with Crippen LogP contribution in [0.15, 0.2) is 30.7 Å². The number of aromatic nitrogens is 2. The molecule has 1 amide bonds. The van der Waals surface area contributed by atoms with E-state index in [1.165, 1.54) is 12.5 Å². The number of fused-ring (bicyclic) bond motifs is 1. The van der Waals surface area contributed by atoms with Crippen molar-refractivity contribution < 1.29 is 14.3 Å². The van der Waals surface area contributed by atoms with Crippen LogP contribution in [0.4, 0.5) is 5.69 Å². The Kier molecular flexibility index (Phi) is 2.18. The van der Waals surface area contributed by atoms with E-state index in [4.69, 9.17) is 9.47 Å². The summed E-state index contributed by atoms with van der Waals surface area (Å²) in [5.41, 5.74) is 1.05. The van der Waals surface area contributed by atoms with Gasteiger partial charge >= 0.3 is 0 Å². The number of carbonyl (C=O) groups is 1. The summed E-state index contributed by atoms with van der Waals surface area (Å²) >= 11 is 0. The van der Waals surface area contributed by atoms with E-state index in [0.29, 0.717) is 22.9 Å². The minimum absolute atomic E-state index is 0.216. The number of imidazole rings is 1. The van der Waals surface area contributed by atoms with Crippen molar-refractivity contribution in [2.45, 2.75) is 0 Å². The molecule has 86 valence electrons. The second-order valence-electron chi connectivity index (χ2n) is 3.49. The van der Waals surface area contributed by atoms with E-state index in [9.17, 15) is 4.79 Å². The third-order valence-corrected chi connectivity index (χ3v) is 2.37. The van der Waals surface area contributed by atoms with Crippen molar-refractivity contribution in [2.24, 2.45) is 0 Å². The molecule has 6 heteroatoms. The van der Waals surface area contributed by atoms with Gasteiger partial charge in [-0.2, -0.15) is 0 Å². The number of anilines is 1. The fourth-order valence-electron chi connectivity index (χ4n) is 1.55. The van der Waals surface area contributed by atoms with Gasteiger partial charge in [0.15, 0.2) is 11.5 Å². The van der Waals surface area contributed by atoms with Gasteiger partial charge in [0.2, 0.25) is 6.79 Å². The van der Waals surface area contributed by atoms with Crippen molar-refractivity contribution in [3.8, 4) is 11.5 Å². The second kappa shape index (κ2) is 3.82. The van der Waals surface area contributed by atoms with Crippen LogP contribution in [-0.2, 0) is 0 Å². The molecule has 2 N–H and O–H groups in total. The number of nitrogens with one attached hydrogen (secondary N) is 2. The van der Waals surface area contributed by atoms with Crippen molar-refractivity contribution in [1.82, 2.24) is 9.97 Å². The fourth-order valence-corrected chi connectivity index (χ4v) is 1.55. The summed E-state index contributed by atoms with van der Waals surface area (Å²) in [6, 6.07) is 5.23. The lowest BCUT2D eigenvalue weighted by Crippen LogP contribution is -2.12. The van der Waals surface area contributed by atoms with E-state index >= 15 is 0 Å². The van der Waals surface area contributed by atoms with E-state index < -0.39 is 0 Å². The Labute approximate surface area is 96.6 Å². The third kappa shape index (κ3) is 1.80. The maximum absolute atomic E-state index is 11.7. The minimum Gasteiger partial charge on any atom is -0.454 e. The monoisotopic (exact) mass is 231 g/mol. The van der Waals surface area contributed by atoms with Gasteiger partial charge in [0.25, 0.3) is 5.91 Å². The zero-order valence-electron chi connectivity index (χ0n) is 8.77. The van der Waals surface area contributed by atoms with Crippen LogP contribution in [0.5, 0.6) is 11.5 Å². The number of rotatable bonds is 2. The van der Waals surface area contributed by atoms with Crippen LogP contribution >= 0.6 is 0 Å². The van der Waals surface area contributed by atoms with Crippen molar-refractivity contribution >= 4 is 11.6 Å². The lowest BCUT2D eigenvalue weighted by Gasteiger charge is -2.04. The molecule has 6 nitrogen and oxygen atoms in total. The van der Waals surface area contributed by atoms with E-state index in [1.807, 2.05) is 0 Å². The molecule has 2 aromatic rings. The van der Waals surface area contributed by atoms with Crippen LogP contribution in [0.3, 0.4) is 0 Å². The number of carbonyl (C=O) groups excluding carboxylic acids is 1. The van der Waals surface area contributed by atoms with Gasteiger partial charge < -0.3 is 19.8 Å². The SMILES string of the molecule is O=C(Nc1ccc2c(c1)OCO2)c1cnc[nH]1. The largest absolute Gasteiger partial charge is 0.454 e. The standard InChI is InChI=1S/C11H9N3O3/c15-11(8-4-12-5-13-8)14-7-1-2-9-10(3-7)17-6-16-9/h1-5H,6H2,(H,12,13)(H,14,15). The van der Waals surface area contributed by atoms with Crippen molar-refractivity contribution in [3.63, 3.8) is 0 Å². The summed E-state index contributed by atoms with van der Waals surface area (Å²) in [7, 11) is 0. The van der Waals surface area contributed by atoms with Gasteiger partial charge in [-0.25, -0.2) is 4.98 Å². The van der Waals surface area contributed by atoms with Gasteiger partial charge in [-0.15, -0.1) is 0 Å². The summed E-state index contributed by atoms with van der Waals surface area (Å²) in [4.78, 5) is 18.2. The number of H-pyrrole nitrogens is 1. The maximum atomic E-state index is 11.7. The first-order chi connectivity index (χ1) is 8.33. The third-order valence-electron chi connectivity index (χ3n) is 2.37. The second-order valence-corrected chi connectivity index (χ2v) is 3.49. The predicted molar refractivity (Wildman–Crippen MR) is 59.1 cm³/mol.